The number of ether oxygens (including phenoxy) is 6. The highest BCUT2D eigenvalue weighted by atomic mass is 16.7. The third-order valence-electron chi connectivity index (χ3n) is 6.11. The van der Waals surface area contributed by atoms with Gasteiger partial charge in [-0.25, -0.2) is 0 Å². The molecule has 2 aliphatic rings. The molecule has 2 fully saturated rings. The Balaban J connectivity index is 1.59. The van der Waals surface area contributed by atoms with E-state index in [0.717, 1.165) is 0 Å². The molecule has 35 heavy (non-hydrogen) atoms. The lowest BCUT2D eigenvalue weighted by atomic mass is 9.98. The van der Waals surface area contributed by atoms with E-state index in [0.29, 0.717) is 17.1 Å². The van der Waals surface area contributed by atoms with Crippen LogP contribution in [0.15, 0.2) is 18.2 Å². The molecule has 0 saturated carbocycles. The van der Waals surface area contributed by atoms with Gasteiger partial charge in [0.2, 0.25) is 0 Å². The van der Waals surface area contributed by atoms with E-state index in [2.05, 4.69) is 0 Å². The van der Waals surface area contributed by atoms with Crippen LogP contribution in [-0.4, -0.2) is 125 Å². The van der Waals surface area contributed by atoms with Crippen molar-refractivity contribution in [2.75, 3.05) is 27.4 Å². The molecule has 7 N–H and O–H groups in total. The van der Waals surface area contributed by atoms with E-state index < -0.39 is 74.1 Å². The standard InChI is InChI=1S/C22H34O13/c1-9-15(24)17(26)19(28)21(34-9)33-8-14-16(25)18(27)20(29)22(35-14)32-7-11(23)10-4-5-12(30-2)13(6-10)31-3/h4-6,9,11,14-29H,7-8H2,1-3H3/t9-,11?,14+,15-,16+,17+,18-,19+,20+,21+,22+/m0/s1. The summed E-state index contributed by atoms with van der Waals surface area (Å²) < 4.78 is 32.1. The van der Waals surface area contributed by atoms with Gasteiger partial charge in [0.1, 0.15) is 48.8 Å². The molecule has 1 aromatic carbocycles. The second kappa shape index (κ2) is 12.1. The number of hydrogen-bond donors (Lipinski definition) is 7. The van der Waals surface area contributed by atoms with E-state index in [1.54, 1.807) is 18.2 Å². The van der Waals surface area contributed by atoms with Crippen molar-refractivity contribution in [2.45, 2.75) is 74.4 Å². The minimum Gasteiger partial charge on any atom is -0.493 e. The van der Waals surface area contributed by atoms with Gasteiger partial charge in [-0.2, -0.15) is 0 Å². The third kappa shape index (κ3) is 6.21. The predicted molar refractivity (Wildman–Crippen MR) is 115 cm³/mol. The quantitative estimate of drug-likeness (QED) is 0.184. The first-order valence-electron chi connectivity index (χ1n) is 11.1. The molecule has 2 heterocycles. The second-order valence-corrected chi connectivity index (χ2v) is 8.49. The number of hydrogen-bond acceptors (Lipinski definition) is 13. The lowest BCUT2D eigenvalue weighted by Gasteiger charge is -2.42. The van der Waals surface area contributed by atoms with Crippen LogP contribution < -0.4 is 9.47 Å². The Morgan fingerprint density at radius 3 is 2.00 bits per heavy atom. The smallest absolute Gasteiger partial charge is 0.186 e. The Morgan fingerprint density at radius 2 is 1.37 bits per heavy atom. The van der Waals surface area contributed by atoms with Gasteiger partial charge in [0.15, 0.2) is 24.1 Å². The Bertz CT molecular complexity index is 810. The van der Waals surface area contributed by atoms with Gasteiger partial charge in [-0.3, -0.25) is 0 Å². The van der Waals surface area contributed by atoms with Crippen LogP contribution in [0.25, 0.3) is 0 Å². The molecule has 1 aromatic rings. The van der Waals surface area contributed by atoms with E-state index >= 15 is 0 Å². The molecule has 2 aliphatic heterocycles. The van der Waals surface area contributed by atoms with Gasteiger partial charge in [-0.1, -0.05) is 6.07 Å². The Hall–Kier alpha value is -1.62. The summed E-state index contributed by atoms with van der Waals surface area (Å²) in [6.07, 6.45) is -15.2. The summed E-state index contributed by atoms with van der Waals surface area (Å²) in [4.78, 5) is 0. The largest absolute Gasteiger partial charge is 0.493 e. The van der Waals surface area contributed by atoms with Crippen LogP contribution >= 0.6 is 0 Å². The maximum absolute atomic E-state index is 10.5. The summed E-state index contributed by atoms with van der Waals surface area (Å²) >= 11 is 0. The number of benzene rings is 1. The molecule has 200 valence electrons. The van der Waals surface area contributed by atoms with Crippen molar-refractivity contribution in [2.24, 2.45) is 0 Å². The summed E-state index contributed by atoms with van der Waals surface area (Å²) in [6, 6.07) is 4.77. The summed E-state index contributed by atoms with van der Waals surface area (Å²) in [5.41, 5.74) is 0.437. The topological polar surface area (TPSA) is 197 Å². The first-order chi connectivity index (χ1) is 16.6. The Kier molecular flexibility index (Phi) is 9.65. The average Bonchev–Trinajstić information content (AvgIpc) is 2.86. The van der Waals surface area contributed by atoms with Crippen molar-refractivity contribution in [3.8, 4) is 11.5 Å². The molecule has 1 unspecified atom stereocenters. The monoisotopic (exact) mass is 506 g/mol. The van der Waals surface area contributed by atoms with E-state index in [4.69, 9.17) is 28.4 Å². The highest BCUT2D eigenvalue weighted by Crippen LogP contribution is 2.31. The maximum Gasteiger partial charge on any atom is 0.186 e. The van der Waals surface area contributed by atoms with Gasteiger partial charge in [0.25, 0.3) is 0 Å². The molecule has 13 nitrogen and oxygen atoms in total. The van der Waals surface area contributed by atoms with Crippen LogP contribution in [0.5, 0.6) is 11.5 Å². The molecular weight excluding hydrogens is 472 g/mol. The van der Waals surface area contributed by atoms with Crippen molar-refractivity contribution in [3.63, 3.8) is 0 Å². The summed E-state index contributed by atoms with van der Waals surface area (Å²) in [5, 5.41) is 71.0. The molecule has 0 radical (unpaired) electrons. The highest BCUT2D eigenvalue weighted by Gasteiger charge is 2.47. The molecule has 0 bridgehead atoms. The van der Waals surface area contributed by atoms with E-state index in [9.17, 15) is 35.7 Å². The van der Waals surface area contributed by atoms with Crippen molar-refractivity contribution in [1.29, 1.82) is 0 Å². The van der Waals surface area contributed by atoms with Crippen LogP contribution in [0.3, 0.4) is 0 Å². The lowest BCUT2D eigenvalue weighted by Crippen LogP contribution is -2.61. The van der Waals surface area contributed by atoms with E-state index in [1.165, 1.54) is 21.1 Å². The zero-order chi connectivity index (χ0) is 25.9. The predicted octanol–water partition coefficient (Wildman–Crippen LogP) is -2.59. The highest BCUT2D eigenvalue weighted by molar-refractivity contribution is 5.43. The number of methoxy groups -OCH3 is 2. The third-order valence-corrected chi connectivity index (χ3v) is 6.11. The minimum absolute atomic E-state index is 0.334. The second-order valence-electron chi connectivity index (χ2n) is 8.49. The Morgan fingerprint density at radius 1 is 0.771 bits per heavy atom. The van der Waals surface area contributed by atoms with Crippen LogP contribution in [0.1, 0.15) is 18.6 Å². The fraction of sp³-hybridized carbons (Fsp3) is 0.727. The van der Waals surface area contributed by atoms with Crippen molar-refractivity contribution in [1.82, 2.24) is 0 Å². The normalized spacial score (nSPS) is 38.7. The summed E-state index contributed by atoms with van der Waals surface area (Å²) in [5.74, 6) is 0.867. The first kappa shape index (κ1) is 28.0. The van der Waals surface area contributed by atoms with Crippen molar-refractivity contribution >= 4 is 0 Å². The molecule has 0 aromatic heterocycles. The Labute approximate surface area is 201 Å². The molecule has 0 aliphatic carbocycles. The SMILES string of the molecule is COc1ccc(C(O)CO[C@@H]2O[C@H](CO[C@@H]3O[C@@H](C)[C@H](O)[C@@H](O)[C@H]3O)[C@@H](O)[C@H](O)[C@H]2O)cc1OC. The van der Waals surface area contributed by atoms with Crippen LogP contribution in [0, 0.1) is 0 Å². The van der Waals surface area contributed by atoms with Crippen LogP contribution in [-0.2, 0) is 18.9 Å². The molecule has 3 rings (SSSR count). The number of rotatable bonds is 9. The zero-order valence-corrected chi connectivity index (χ0v) is 19.6. The van der Waals surface area contributed by atoms with Gasteiger partial charge >= 0.3 is 0 Å². The lowest BCUT2D eigenvalue weighted by molar-refractivity contribution is -0.329. The van der Waals surface area contributed by atoms with Gasteiger partial charge in [-0.15, -0.1) is 0 Å². The van der Waals surface area contributed by atoms with Crippen LogP contribution in [0.2, 0.25) is 0 Å². The van der Waals surface area contributed by atoms with Gasteiger partial charge in [0, 0.05) is 0 Å². The molecule has 2 saturated heterocycles. The summed E-state index contributed by atoms with van der Waals surface area (Å²) in [7, 11) is 2.93. The number of aliphatic hydroxyl groups excluding tert-OH is 7. The first-order valence-corrected chi connectivity index (χ1v) is 11.1. The van der Waals surface area contributed by atoms with E-state index in [1.807, 2.05) is 0 Å². The average molecular weight is 507 g/mol. The zero-order valence-electron chi connectivity index (χ0n) is 19.6. The molecule has 0 spiro atoms. The van der Waals surface area contributed by atoms with Crippen molar-refractivity contribution in [3.05, 3.63) is 23.8 Å². The molecule has 13 heteroatoms. The fourth-order valence-electron chi connectivity index (χ4n) is 3.88. The molecule has 11 atom stereocenters. The minimum atomic E-state index is -1.66. The molecular formula is C22H34O13. The maximum atomic E-state index is 10.5. The summed E-state index contributed by atoms with van der Waals surface area (Å²) in [6.45, 7) is 0.732. The van der Waals surface area contributed by atoms with Gasteiger partial charge in [-0.05, 0) is 24.6 Å². The van der Waals surface area contributed by atoms with E-state index in [-0.39, 0.29) is 6.61 Å². The van der Waals surface area contributed by atoms with Gasteiger partial charge < -0.3 is 64.2 Å². The van der Waals surface area contributed by atoms with Crippen molar-refractivity contribution < 1.29 is 64.2 Å². The fourth-order valence-corrected chi connectivity index (χ4v) is 3.88. The molecule has 0 amide bonds. The van der Waals surface area contributed by atoms with Crippen LogP contribution in [0.4, 0.5) is 0 Å². The van der Waals surface area contributed by atoms with Gasteiger partial charge in [0.05, 0.1) is 33.5 Å². The number of aliphatic hydroxyl groups is 7.